The summed E-state index contributed by atoms with van der Waals surface area (Å²) in [5.74, 6) is -0.507. The van der Waals surface area contributed by atoms with E-state index in [-0.39, 0.29) is 11.8 Å². The summed E-state index contributed by atoms with van der Waals surface area (Å²) in [5.41, 5.74) is 0.954. The van der Waals surface area contributed by atoms with Gasteiger partial charge in [0.05, 0.1) is 43.7 Å². The van der Waals surface area contributed by atoms with Crippen LogP contribution in [0.1, 0.15) is 5.69 Å². The lowest BCUT2D eigenvalue weighted by molar-refractivity contribution is -0.125. The number of halogens is 1. The molecule has 0 saturated carbocycles. The molecule has 2 aromatic rings. The highest BCUT2D eigenvalue weighted by Crippen LogP contribution is 2.19. The van der Waals surface area contributed by atoms with Crippen molar-refractivity contribution in [1.82, 2.24) is 25.1 Å². The minimum absolute atomic E-state index is 0.0810. The van der Waals surface area contributed by atoms with Gasteiger partial charge in [-0.05, 0) is 6.07 Å². The third-order valence-corrected chi connectivity index (χ3v) is 3.86. The van der Waals surface area contributed by atoms with Crippen LogP contribution in [0.5, 0.6) is 0 Å². The van der Waals surface area contributed by atoms with Gasteiger partial charge in [-0.15, -0.1) is 0 Å². The summed E-state index contributed by atoms with van der Waals surface area (Å²) in [6.07, 6.45) is 3.95. The van der Waals surface area contributed by atoms with E-state index in [2.05, 4.69) is 20.4 Å². The van der Waals surface area contributed by atoms with Gasteiger partial charge < -0.3 is 15.0 Å². The van der Waals surface area contributed by atoms with Gasteiger partial charge in [-0.3, -0.25) is 9.48 Å². The summed E-state index contributed by atoms with van der Waals surface area (Å²) in [6, 6.07) is 1.89. The Labute approximate surface area is 138 Å². The molecule has 1 unspecified atom stereocenters. The van der Waals surface area contributed by atoms with Crippen LogP contribution in [0.2, 0.25) is 0 Å². The van der Waals surface area contributed by atoms with Crippen molar-refractivity contribution in [1.29, 1.82) is 0 Å². The van der Waals surface area contributed by atoms with Gasteiger partial charge in [-0.25, -0.2) is 14.4 Å². The molecule has 1 aliphatic rings. The Morgan fingerprint density at radius 2 is 2.21 bits per heavy atom. The van der Waals surface area contributed by atoms with Gasteiger partial charge in [-0.2, -0.15) is 5.10 Å². The van der Waals surface area contributed by atoms with Crippen LogP contribution in [0, 0.1) is 11.7 Å². The average Bonchev–Trinajstić information content (AvgIpc) is 2.93. The molecule has 0 aromatic carbocycles. The molecule has 3 heterocycles. The van der Waals surface area contributed by atoms with Crippen molar-refractivity contribution in [2.75, 3.05) is 31.7 Å². The average molecular weight is 334 g/mol. The number of nitrogens with one attached hydrogen (secondary N) is 1. The summed E-state index contributed by atoms with van der Waals surface area (Å²) < 4.78 is 19.8. The molecule has 0 radical (unpaired) electrons. The predicted molar refractivity (Wildman–Crippen MR) is 83.6 cm³/mol. The van der Waals surface area contributed by atoms with Gasteiger partial charge in [-0.1, -0.05) is 0 Å². The van der Waals surface area contributed by atoms with Gasteiger partial charge in [0.25, 0.3) is 0 Å². The van der Waals surface area contributed by atoms with Crippen LogP contribution in [0.4, 0.5) is 10.3 Å². The molecule has 0 aliphatic carbocycles. The monoisotopic (exact) mass is 334 g/mol. The van der Waals surface area contributed by atoms with E-state index < -0.39 is 5.82 Å². The molecule has 9 heteroatoms. The van der Waals surface area contributed by atoms with Crippen LogP contribution in [-0.2, 0) is 22.6 Å². The molecule has 2 aromatic heterocycles. The molecule has 0 fully saturated rings. The summed E-state index contributed by atoms with van der Waals surface area (Å²) in [6.45, 7) is 2.31. The number of fused-ring (bicyclic) bond motifs is 1. The third kappa shape index (κ3) is 3.67. The number of ether oxygens (including phenoxy) is 1. The summed E-state index contributed by atoms with van der Waals surface area (Å²) in [5, 5.41) is 7.13. The fourth-order valence-corrected chi connectivity index (χ4v) is 2.66. The standard InChI is InChI=1S/C15H19FN6O2/c1-24-5-4-17-14(23)11-8-21(15-18-6-12(16)7-19-15)10-13-2-3-20-22(13)9-11/h2-3,6-7,11H,4-5,8-10H2,1H3,(H,17,23). The number of hydrogen-bond acceptors (Lipinski definition) is 6. The number of aromatic nitrogens is 4. The van der Waals surface area contributed by atoms with Crippen LogP contribution in [-0.4, -0.2) is 52.5 Å². The fourth-order valence-electron chi connectivity index (χ4n) is 2.66. The van der Waals surface area contributed by atoms with Crippen LogP contribution in [0.25, 0.3) is 0 Å². The van der Waals surface area contributed by atoms with Gasteiger partial charge in [0.2, 0.25) is 11.9 Å². The molecule has 128 valence electrons. The zero-order valence-electron chi connectivity index (χ0n) is 13.4. The van der Waals surface area contributed by atoms with Gasteiger partial charge in [0.1, 0.15) is 0 Å². The first kappa shape index (κ1) is 16.3. The predicted octanol–water partition coefficient (Wildman–Crippen LogP) is 0.211. The quantitative estimate of drug-likeness (QED) is 0.787. The summed E-state index contributed by atoms with van der Waals surface area (Å²) in [7, 11) is 1.58. The molecule has 24 heavy (non-hydrogen) atoms. The lowest BCUT2D eigenvalue weighted by atomic mass is 10.1. The normalized spacial score (nSPS) is 17.2. The van der Waals surface area contributed by atoms with E-state index >= 15 is 0 Å². The molecule has 0 spiro atoms. The maximum absolute atomic E-state index is 13.1. The molecule has 1 atom stereocenters. The summed E-state index contributed by atoms with van der Waals surface area (Å²) in [4.78, 5) is 22.4. The molecule has 8 nitrogen and oxygen atoms in total. The number of nitrogens with zero attached hydrogens (tertiary/aromatic N) is 5. The first-order valence-corrected chi connectivity index (χ1v) is 7.67. The second kappa shape index (κ2) is 7.35. The van der Waals surface area contributed by atoms with Crippen molar-refractivity contribution in [3.05, 3.63) is 36.2 Å². The Balaban J connectivity index is 1.80. The van der Waals surface area contributed by atoms with Crippen molar-refractivity contribution < 1.29 is 13.9 Å². The zero-order chi connectivity index (χ0) is 16.9. The Morgan fingerprint density at radius 1 is 1.42 bits per heavy atom. The fraction of sp³-hybridized carbons (Fsp3) is 0.467. The van der Waals surface area contributed by atoms with Gasteiger partial charge in [0, 0.05) is 26.4 Å². The SMILES string of the molecule is COCCNC(=O)C1CN(c2ncc(F)cn2)Cc2ccnn2C1. The zero-order valence-corrected chi connectivity index (χ0v) is 13.4. The molecule has 1 aliphatic heterocycles. The van der Waals surface area contributed by atoms with E-state index in [4.69, 9.17) is 4.74 Å². The topological polar surface area (TPSA) is 85.2 Å². The first-order valence-electron chi connectivity index (χ1n) is 7.67. The smallest absolute Gasteiger partial charge is 0.226 e. The van der Waals surface area contributed by atoms with Crippen LogP contribution in [0.15, 0.2) is 24.7 Å². The number of anilines is 1. The Morgan fingerprint density at radius 3 is 2.96 bits per heavy atom. The van der Waals surface area contributed by atoms with Gasteiger partial charge >= 0.3 is 0 Å². The van der Waals surface area contributed by atoms with Crippen LogP contribution in [0.3, 0.4) is 0 Å². The number of amides is 1. The highest BCUT2D eigenvalue weighted by molar-refractivity contribution is 5.79. The van der Waals surface area contributed by atoms with Crippen LogP contribution >= 0.6 is 0 Å². The van der Waals surface area contributed by atoms with Crippen molar-refractivity contribution in [2.45, 2.75) is 13.1 Å². The third-order valence-electron chi connectivity index (χ3n) is 3.86. The molecule has 3 rings (SSSR count). The van der Waals surface area contributed by atoms with Crippen LogP contribution < -0.4 is 10.2 Å². The van der Waals surface area contributed by atoms with Crippen molar-refractivity contribution >= 4 is 11.9 Å². The largest absolute Gasteiger partial charge is 0.383 e. The van der Waals surface area contributed by atoms with E-state index in [1.54, 1.807) is 13.3 Å². The maximum atomic E-state index is 13.1. The van der Waals surface area contributed by atoms with Crippen molar-refractivity contribution in [2.24, 2.45) is 5.92 Å². The molecule has 0 saturated heterocycles. The minimum Gasteiger partial charge on any atom is -0.383 e. The lowest BCUT2D eigenvalue weighted by Crippen LogP contribution is -2.40. The van der Waals surface area contributed by atoms with E-state index in [1.807, 2.05) is 15.6 Å². The van der Waals surface area contributed by atoms with Crippen molar-refractivity contribution in [3.8, 4) is 0 Å². The molecule has 0 bridgehead atoms. The maximum Gasteiger partial charge on any atom is 0.226 e. The van der Waals surface area contributed by atoms with E-state index in [0.29, 0.717) is 38.7 Å². The highest BCUT2D eigenvalue weighted by Gasteiger charge is 2.28. The number of methoxy groups -OCH3 is 1. The summed E-state index contributed by atoms with van der Waals surface area (Å²) >= 11 is 0. The second-order valence-electron chi connectivity index (χ2n) is 5.57. The van der Waals surface area contributed by atoms with Crippen molar-refractivity contribution in [3.63, 3.8) is 0 Å². The van der Waals surface area contributed by atoms with Gasteiger partial charge in [0.15, 0.2) is 5.82 Å². The Bertz CT molecular complexity index is 690. The number of hydrogen-bond donors (Lipinski definition) is 1. The second-order valence-corrected chi connectivity index (χ2v) is 5.57. The number of carbonyl (C=O) groups excluding carboxylic acids is 1. The number of carbonyl (C=O) groups is 1. The van der Waals surface area contributed by atoms with E-state index in [1.165, 1.54) is 0 Å². The minimum atomic E-state index is -0.493. The first-order chi connectivity index (χ1) is 11.7. The van der Waals surface area contributed by atoms with E-state index in [0.717, 1.165) is 18.1 Å². The molecule has 1 amide bonds. The van der Waals surface area contributed by atoms with E-state index in [9.17, 15) is 9.18 Å². The lowest BCUT2D eigenvalue weighted by Gasteiger charge is -2.23. The number of rotatable bonds is 5. The highest BCUT2D eigenvalue weighted by atomic mass is 19.1. The Hall–Kier alpha value is -2.55. The molecular weight excluding hydrogens is 315 g/mol. The Kier molecular flexibility index (Phi) is 4.99. The molecule has 1 N–H and O–H groups in total. The molecular formula is C15H19FN6O2.